The first-order chi connectivity index (χ1) is 9.54. The van der Waals surface area contributed by atoms with Crippen LogP contribution in [0.15, 0.2) is 36.4 Å². The second-order valence-electron chi connectivity index (χ2n) is 4.01. The van der Waals surface area contributed by atoms with Gasteiger partial charge in [0, 0.05) is 27.3 Å². The third kappa shape index (κ3) is 4.64. The van der Waals surface area contributed by atoms with Crippen LogP contribution in [0, 0.1) is 0 Å². The van der Waals surface area contributed by atoms with Crippen LogP contribution in [0.5, 0.6) is 5.75 Å². The van der Waals surface area contributed by atoms with Crippen molar-refractivity contribution in [1.29, 1.82) is 0 Å². The Morgan fingerprint density at radius 3 is 2.20 bits per heavy atom. The summed E-state index contributed by atoms with van der Waals surface area (Å²) in [6, 6.07) is 10.4. The zero-order valence-corrected chi connectivity index (χ0v) is 13.3. The summed E-state index contributed by atoms with van der Waals surface area (Å²) in [5.74, 6) is 0.599. The quantitative estimate of drug-likeness (QED) is 0.689. The first-order valence-corrected chi connectivity index (χ1v) is 7.33. The summed E-state index contributed by atoms with van der Waals surface area (Å²) in [5, 5.41) is 5.40. The summed E-state index contributed by atoms with van der Waals surface area (Å²) in [6.45, 7) is 1.04. The van der Waals surface area contributed by atoms with Gasteiger partial charge in [0.15, 0.2) is 0 Å². The monoisotopic (exact) mass is 349 g/mol. The molecule has 0 saturated heterocycles. The Bertz CT molecular complexity index is 583. The van der Waals surface area contributed by atoms with Crippen molar-refractivity contribution in [1.82, 2.24) is 0 Å². The molecule has 1 N–H and O–H groups in total. The van der Waals surface area contributed by atoms with Crippen LogP contribution in [0.2, 0.25) is 20.1 Å². The van der Waals surface area contributed by atoms with Crippen molar-refractivity contribution in [2.24, 2.45) is 0 Å². The minimum absolute atomic E-state index is 0.450. The normalized spacial score (nSPS) is 10.4. The largest absolute Gasteiger partial charge is 0.490 e. The Morgan fingerprint density at radius 2 is 1.55 bits per heavy atom. The third-order valence-electron chi connectivity index (χ3n) is 2.45. The maximum atomic E-state index is 6.00. The van der Waals surface area contributed by atoms with Crippen LogP contribution in [0.4, 0.5) is 5.69 Å². The van der Waals surface area contributed by atoms with E-state index in [1.54, 1.807) is 36.4 Å². The second-order valence-corrected chi connectivity index (χ2v) is 5.72. The molecule has 6 heteroatoms. The second kappa shape index (κ2) is 7.28. The van der Waals surface area contributed by atoms with Gasteiger partial charge in [-0.25, -0.2) is 0 Å². The molecule has 0 bridgehead atoms. The van der Waals surface area contributed by atoms with E-state index in [4.69, 9.17) is 51.1 Å². The summed E-state index contributed by atoms with van der Waals surface area (Å²) in [4.78, 5) is 0. The van der Waals surface area contributed by atoms with Crippen molar-refractivity contribution in [2.45, 2.75) is 0 Å². The van der Waals surface area contributed by atoms with E-state index in [9.17, 15) is 0 Å². The van der Waals surface area contributed by atoms with Gasteiger partial charge in [-0.1, -0.05) is 46.4 Å². The van der Waals surface area contributed by atoms with Crippen molar-refractivity contribution in [3.05, 3.63) is 56.5 Å². The number of anilines is 1. The molecule has 0 radical (unpaired) electrons. The van der Waals surface area contributed by atoms with Crippen molar-refractivity contribution >= 4 is 52.1 Å². The molecule has 0 heterocycles. The molecular formula is C14H11Cl4NO. The lowest BCUT2D eigenvalue weighted by molar-refractivity contribution is 0.333. The van der Waals surface area contributed by atoms with Crippen LogP contribution in [0.3, 0.4) is 0 Å². The fourth-order valence-corrected chi connectivity index (χ4v) is 2.59. The van der Waals surface area contributed by atoms with Crippen LogP contribution in [0.1, 0.15) is 0 Å². The molecule has 0 aliphatic carbocycles. The van der Waals surface area contributed by atoms with Crippen molar-refractivity contribution in [3.63, 3.8) is 0 Å². The van der Waals surface area contributed by atoms with Gasteiger partial charge < -0.3 is 10.1 Å². The molecule has 0 unspecified atom stereocenters. The highest BCUT2D eigenvalue weighted by atomic mass is 35.5. The van der Waals surface area contributed by atoms with Gasteiger partial charge in [0.2, 0.25) is 0 Å². The Morgan fingerprint density at radius 1 is 0.850 bits per heavy atom. The predicted octanol–water partition coefficient (Wildman–Crippen LogP) is 5.79. The lowest BCUT2D eigenvalue weighted by Crippen LogP contribution is -2.11. The fraction of sp³-hybridized carbons (Fsp3) is 0.143. The lowest BCUT2D eigenvalue weighted by Gasteiger charge is -2.10. The average molecular weight is 351 g/mol. The maximum absolute atomic E-state index is 6.00. The van der Waals surface area contributed by atoms with E-state index in [0.717, 1.165) is 5.69 Å². The highest BCUT2D eigenvalue weighted by Gasteiger charge is 2.02. The van der Waals surface area contributed by atoms with Gasteiger partial charge in [-0.2, -0.15) is 0 Å². The van der Waals surface area contributed by atoms with Gasteiger partial charge in [0.1, 0.15) is 12.4 Å². The molecule has 2 nitrogen and oxygen atoms in total. The summed E-state index contributed by atoms with van der Waals surface area (Å²) in [7, 11) is 0. The van der Waals surface area contributed by atoms with Gasteiger partial charge in [-0.15, -0.1) is 0 Å². The number of benzene rings is 2. The van der Waals surface area contributed by atoms with Crippen LogP contribution in [0.25, 0.3) is 0 Å². The topological polar surface area (TPSA) is 21.3 Å². The zero-order chi connectivity index (χ0) is 14.5. The molecule has 0 aliphatic rings. The Hall–Kier alpha value is -0.800. The molecule has 0 aromatic heterocycles. The summed E-state index contributed by atoms with van der Waals surface area (Å²) in [5.41, 5.74) is 0.841. The fourth-order valence-electron chi connectivity index (χ4n) is 1.60. The summed E-state index contributed by atoms with van der Waals surface area (Å²) >= 11 is 23.6. The maximum Gasteiger partial charge on any atom is 0.138 e. The van der Waals surface area contributed by atoms with E-state index in [1.807, 2.05) is 0 Å². The molecule has 0 fully saturated rings. The number of rotatable bonds is 5. The molecule has 2 aromatic rings. The molecule has 2 aromatic carbocycles. The highest BCUT2D eigenvalue weighted by Crippen LogP contribution is 2.27. The van der Waals surface area contributed by atoms with E-state index in [-0.39, 0.29) is 0 Å². The standard InChI is InChI=1S/C14H11Cl4NO/c15-9-1-2-14(13(18)8-9)20-4-3-19-12-6-10(16)5-11(17)7-12/h1-2,5-8,19H,3-4H2. The molecule has 0 atom stereocenters. The van der Waals surface area contributed by atoms with Crippen LogP contribution >= 0.6 is 46.4 Å². The predicted molar refractivity (Wildman–Crippen MR) is 86.9 cm³/mol. The molecule has 0 spiro atoms. The number of hydrogen-bond acceptors (Lipinski definition) is 2. The minimum Gasteiger partial charge on any atom is -0.490 e. The van der Waals surface area contributed by atoms with Crippen LogP contribution in [-0.2, 0) is 0 Å². The SMILES string of the molecule is Clc1cc(Cl)cc(NCCOc2ccc(Cl)cc2Cl)c1. The Labute approximate surface area is 137 Å². The molecule has 106 valence electrons. The van der Waals surface area contributed by atoms with E-state index < -0.39 is 0 Å². The Kier molecular flexibility index (Phi) is 5.67. The van der Waals surface area contributed by atoms with E-state index in [2.05, 4.69) is 5.32 Å². The van der Waals surface area contributed by atoms with E-state index in [0.29, 0.717) is 39.0 Å². The molecule has 2 rings (SSSR count). The number of nitrogens with one attached hydrogen (secondary N) is 1. The van der Waals surface area contributed by atoms with Crippen molar-refractivity contribution in [2.75, 3.05) is 18.5 Å². The molecule has 20 heavy (non-hydrogen) atoms. The first kappa shape index (κ1) is 15.6. The average Bonchev–Trinajstić information content (AvgIpc) is 2.35. The zero-order valence-electron chi connectivity index (χ0n) is 10.3. The molecular weight excluding hydrogens is 340 g/mol. The van der Waals surface area contributed by atoms with Crippen molar-refractivity contribution in [3.8, 4) is 5.75 Å². The van der Waals surface area contributed by atoms with Gasteiger partial charge in [-0.05, 0) is 36.4 Å². The van der Waals surface area contributed by atoms with Crippen LogP contribution in [-0.4, -0.2) is 13.2 Å². The first-order valence-electron chi connectivity index (χ1n) is 5.82. The number of ether oxygens (including phenoxy) is 1. The van der Waals surface area contributed by atoms with Crippen molar-refractivity contribution < 1.29 is 4.74 Å². The van der Waals surface area contributed by atoms with Gasteiger partial charge in [-0.3, -0.25) is 0 Å². The molecule has 0 aliphatic heterocycles. The number of halogens is 4. The lowest BCUT2D eigenvalue weighted by atomic mass is 10.3. The summed E-state index contributed by atoms with van der Waals surface area (Å²) < 4.78 is 5.55. The van der Waals surface area contributed by atoms with Gasteiger partial charge in [0.25, 0.3) is 0 Å². The number of hydrogen-bond donors (Lipinski definition) is 1. The minimum atomic E-state index is 0.450. The third-order valence-corrected chi connectivity index (χ3v) is 3.41. The summed E-state index contributed by atoms with van der Waals surface area (Å²) in [6.07, 6.45) is 0. The van der Waals surface area contributed by atoms with E-state index in [1.165, 1.54) is 0 Å². The van der Waals surface area contributed by atoms with Crippen LogP contribution < -0.4 is 10.1 Å². The smallest absolute Gasteiger partial charge is 0.138 e. The van der Waals surface area contributed by atoms with Gasteiger partial charge >= 0.3 is 0 Å². The van der Waals surface area contributed by atoms with Gasteiger partial charge in [0.05, 0.1) is 5.02 Å². The highest BCUT2D eigenvalue weighted by molar-refractivity contribution is 6.35. The Balaban J connectivity index is 1.84. The molecule has 0 saturated carbocycles. The van der Waals surface area contributed by atoms with E-state index >= 15 is 0 Å². The molecule has 0 amide bonds.